The summed E-state index contributed by atoms with van der Waals surface area (Å²) < 4.78 is 14.1. The molecule has 1 aromatic rings. The van der Waals surface area contributed by atoms with E-state index in [0.717, 1.165) is 31.9 Å². The second-order valence-corrected chi connectivity index (χ2v) is 10.1. The highest BCUT2D eigenvalue weighted by Crippen LogP contribution is 2.53. The second-order valence-electron chi connectivity index (χ2n) is 10.1. The van der Waals surface area contributed by atoms with Crippen molar-refractivity contribution in [3.05, 3.63) is 29.6 Å². The summed E-state index contributed by atoms with van der Waals surface area (Å²) in [7, 11) is 0. The average molecular weight is 397 g/mol. The van der Waals surface area contributed by atoms with Crippen molar-refractivity contribution in [2.75, 3.05) is 37.6 Å². The van der Waals surface area contributed by atoms with Gasteiger partial charge in [0.1, 0.15) is 5.82 Å². The van der Waals surface area contributed by atoms with Gasteiger partial charge in [-0.3, -0.25) is 4.90 Å². The van der Waals surface area contributed by atoms with Gasteiger partial charge in [-0.2, -0.15) is 0 Å². The predicted molar refractivity (Wildman–Crippen MR) is 117 cm³/mol. The minimum atomic E-state index is -0.103. The lowest BCUT2D eigenvalue weighted by atomic mass is 9.60. The molecule has 0 amide bonds. The van der Waals surface area contributed by atoms with Crippen LogP contribution in [0.1, 0.15) is 71.8 Å². The van der Waals surface area contributed by atoms with Crippen LogP contribution in [0.25, 0.3) is 0 Å². The second kappa shape index (κ2) is 8.69. The molecule has 0 unspecified atom stereocenters. The molecule has 1 saturated carbocycles. The molecule has 3 rings (SSSR count). The Hall–Kier alpha value is -0.800. The van der Waals surface area contributed by atoms with E-state index in [1.165, 1.54) is 37.8 Å². The lowest BCUT2D eigenvalue weighted by Crippen LogP contribution is -2.47. The van der Waals surface area contributed by atoms with Crippen LogP contribution in [0, 0.1) is 16.6 Å². The number of hydrogen-bond acceptors (Lipinski definition) is 2. The molecule has 2 fully saturated rings. The zero-order chi connectivity index (χ0) is 18.9. The van der Waals surface area contributed by atoms with E-state index >= 15 is 0 Å². The summed E-state index contributed by atoms with van der Waals surface area (Å²) in [4.78, 5) is 4.96. The first-order valence-electron chi connectivity index (χ1n) is 10.5. The summed E-state index contributed by atoms with van der Waals surface area (Å²) in [5, 5.41) is 0. The van der Waals surface area contributed by atoms with Crippen LogP contribution in [0.5, 0.6) is 0 Å². The Balaban J connectivity index is 0.00000261. The molecule has 0 N–H and O–H groups in total. The molecule has 1 aromatic carbocycles. The fourth-order valence-electron chi connectivity index (χ4n) is 5.73. The molecule has 27 heavy (non-hydrogen) atoms. The summed E-state index contributed by atoms with van der Waals surface area (Å²) >= 11 is 0. The number of rotatable bonds is 4. The molecule has 0 aromatic heterocycles. The number of anilines is 1. The van der Waals surface area contributed by atoms with Crippen molar-refractivity contribution < 1.29 is 4.39 Å². The summed E-state index contributed by atoms with van der Waals surface area (Å²) in [5.74, 6) is 0.423. The van der Waals surface area contributed by atoms with Crippen LogP contribution in [-0.2, 0) is 0 Å². The summed E-state index contributed by atoms with van der Waals surface area (Å²) in [5.41, 5.74) is 3.21. The van der Waals surface area contributed by atoms with Crippen molar-refractivity contribution in [2.24, 2.45) is 10.8 Å². The van der Waals surface area contributed by atoms with Crippen LogP contribution in [0.3, 0.4) is 0 Å². The highest BCUT2D eigenvalue weighted by Gasteiger charge is 2.40. The van der Waals surface area contributed by atoms with Gasteiger partial charge in [-0.15, -0.1) is 12.4 Å². The molecule has 1 aliphatic heterocycles. The minimum Gasteiger partial charge on any atom is -0.369 e. The smallest absolute Gasteiger partial charge is 0.125 e. The van der Waals surface area contributed by atoms with Gasteiger partial charge < -0.3 is 4.90 Å². The number of hydrogen-bond donors (Lipinski definition) is 0. The van der Waals surface area contributed by atoms with E-state index in [2.05, 4.69) is 50.5 Å². The van der Waals surface area contributed by atoms with E-state index < -0.39 is 0 Å². The van der Waals surface area contributed by atoms with Crippen molar-refractivity contribution in [3.8, 4) is 0 Å². The molecule has 1 saturated heterocycles. The Kier molecular flexibility index (Phi) is 7.24. The molecule has 0 spiro atoms. The third-order valence-electron chi connectivity index (χ3n) is 6.24. The van der Waals surface area contributed by atoms with Crippen molar-refractivity contribution in [1.29, 1.82) is 0 Å². The van der Waals surface area contributed by atoms with Crippen LogP contribution >= 0.6 is 12.4 Å². The number of halogens is 2. The maximum atomic E-state index is 14.1. The first kappa shape index (κ1) is 22.5. The number of benzene rings is 1. The van der Waals surface area contributed by atoms with Gasteiger partial charge in [0, 0.05) is 31.9 Å². The predicted octanol–water partition coefficient (Wildman–Crippen LogP) is 6.10. The Labute approximate surface area is 171 Å². The number of piperazine rings is 1. The lowest BCUT2D eigenvalue weighted by molar-refractivity contribution is 0.0969. The average Bonchev–Trinajstić information content (AvgIpc) is 2.53. The molecule has 2 aliphatic rings. The summed E-state index contributed by atoms with van der Waals surface area (Å²) in [6, 6.07) is 5.53. The third-order valence-corrected chi connectivity index (χ3v) is 6.24. The Bertz CT molecular complexity index is 605. The maximum absolute atomic E-state index is 14.1. The number of nitrogens with zero attached hydrogens (tertiary/aromatic N) is 2. The van der Waals surface area contributed by atoms with Crippen molar-refractivity contribution in [3.63, 3.8) is 0 Å². The van der Waals surface area contributed by atoms with E-state index in [1.54, 1.807) is 12.1 Å². The fraction of sp³-hybridized carbons (Fsp3) is 0.739. The van der Waals surface area contributed by atoms with Crippen molar-refractivity contribution in [2.45, 2.75) is 66.2 Å². The van der Waals surface area contributed by atoms with Crippen LogP contribution in [0.15, 0.2) is 18.2 Å². The van der Waals surface area contributed by atoms with E-state index in [-0.39, 0.29) is 18.2 Å². The zero-order valence-corrected chi connectivity index (χ0v) is 18.7. The molecular formula is C23H38ClFN2. The molecule has 1 heterocycles. The molecule has 154 valence electrons. The van der Waals surface area contributed by atoms with Crippen LogP contribution in [-0.4, -0.2) is 37.6 Å². The first-order chi connectivity index (χ1) is 12.2. The molecular weight excluding hydrogens is 359 g/mol. The molecule has 2 nitrogen and oxygen atoms in total. The van der Waals surface area contributed by atoms with Gasteiger partial charge in [-0.25, -0.2) is 4.39 Å². The highest BCUT2D eigenvalue weighted by molar-refractivity contribution is 5.85. The van der Waals surface area contributed by atoms with Crippen molar-refractivity contribution >= 4 is 18.1 Å². The van der Waals surface area contributed by atoms with Gasteiger partial charge in [0.05, 0.1) is 0 Å². The molecule has 0 atom stereocenters. The standard InChI is InChI=1S/C23H37FN2.ClH/c1-6-9-25-10-12-26(13-11-25)21-14-19(24)7-8-20(21)18-15-22(2,3)17-23(4,5)16-18;/h7-8,14,18H,6,9-13,15-17H2,1-5H3;1H. The van der Waals surface area contributed by atoms with Gasteiger partial charge in [0.25, 0.3) is 0 Å². The van der Waals surface area contributed by atoms with E-state index in [4.69, 9.17) is 0 Å². The molecule has 0 radical (unpaired) electrons. The van der Waals surface area contributed by atoms with Gasteiger partial charge in [0.15, 0.2) is 0 Å². The summed E-state index contributed by atoms with van der Waals surface area (Å²) in [6.07, 6.45) is 4.87. The minimum absolute atomic E-state index is 0. The topological polar surface area (TPSA) is 6.48 Å². The molecule has 0 bridgehead atoms. The van der Waals surface area contributed by atoms with Crippen molar-refractivity contribution in [1.82, 2.24) is 4.90 Å². The van der Waals surface area contributed by atoms with Crippen LogP contribution in [0.4, 0.5) is 10.1 Å². The maximum Gasteiger partial charge on any atom is 0.125 e. The lowest BCUT2D eigenvalue weighted by Gasteiger charge is -2.46. The van der Waals surface area contributed by atoms with Gasteiger partial charge >= 0.3 is 0 Å². The van der Waals surface area contributed by atoms with E-state index in [0.29, 0.717) is 16.7 Å². The normalized spacial score (nSPS) is 23.1. The summed E-state index contributed by atoms with van der Waals surface area (Å²) in [6.45, 7) is 17.2. The quantitative estimate of drug-likeness (QED) is 0.606. The zero-order valence-electron chi connectivity index (χ0n) is 17.9. The monoisotopic (exact) mass is 396 g/mol. The Morgan fingerprint density at radius 1 is 1.00 bits per heavy atom. The Morgan fingerprint density at radius 3 is 2.15 bits per heavy atom. The SMILES string of the molecule is CCCN1CCN(c2cc(F)ccc2C2CC(C)(C)CC(C)(C)C2)CC1.Cl. The molecule has 1 aliphatic carbocycles. The first-order valence-corrected chi connectivity index (χ1v) is 10.5. The van der Waals surface area contributed by atoms with Gasteiger partial charge in [-0.05, 0) is 66.7 Å². The van der Waals surface area contributed by atoms with Crippen LogP contribution < -0.4 is 4.90 Å². The highest BCUT2D eigenvalue weighted by atomic mass is 35.5. The van der Waals surface area contributed by atoms with E-state index in [9.17, 15) is 4.39 Å². The third kappa shape index (κ3) is 5.60. The van der Waals surface area contributed by atoms with Gasteiger partial charge in [-0.1, -0.05) is 40.7 Å². The fourth-order valence-corrected chi connectivity index (χ4v) is 5.73. The van der Waals surface area contributed by atoms with Gasteiger partial charge in [0.2, 0.25) is 0 Å². The van der Waals surface area contributed by atoms with Crippen LogP contribution in [0.2, 0.25) is 0 Å². The molecule has 4 heteroatoms. The largest absolute Gasteiger partial charge is 0.369 e. The van der Waals surface area contributed by atoms with E-state index in [1.807, 2.05) is 0 Å². The Morgan fingerprint density at radius 2 is 1.59 bits per heavy atom.